The van der Waals surface area contributed by atoms with E-state index in [1.54, 1.807) is 24.3 Å². The zero-order valence-electron chi connectivity index (χ0n) is 20.6. The van der Waals surface area contributed by atoms with Gasteiger partial charge >= 0.3 is 11.6 Å². The molecule has 1 aliphatic heterocycles. The number of imide groups is 1. The first-order valence-corrected chi connectivity index (χ1v) is 11.8. The monoisotopic (exact) mass is 475 g/mol. The lowest BCUT2D eigenvalue weighted by atomic mass is 9.95. The minimum atomic E-state index is -1.07. The van der Waals surface area contributed by atoms with Crippen molar-refractivity contribution in [1.29, 1.82) is 0 Å². The fourth-order valence-electron chi connectivity index (χ4n) is 4.62. The molecular formula is C28H29NO6. The number of carbonyl (C=O) groups excluding carboxylic acids is 3. The number of amides is 2. The molecule has 0 bridgehead atoms. The van der Waals surface area contributed by atoms with Crippen LogP contribution in [0.2, 0.25) is 0 Å². The van der Waals surface area contributed by atoms with E-state index in [1.807, 2.05) is 32.9 Å². The third-order valence-corrected chi connectivity index (χ3v) is 6.31. The van der Waals surface area contributed by atoms with Crippen LogP contribution in [0.1, 0.15) is 77.4 Å². The number of hydrogen-bond acceptors (Lipinski definition) is 6. The van der Waals surface area contributed by atoms with Crippen molar-refractivity contribution in [2.75, 3.05) is 0 Å². The van der Waals surface area contributed by atoms with Crippen molar-refractivity contribution in [1.82, 2.24) is 4.90 Å². The standard InChI is InChI=1S/C28H29NO6/c1-15(2)10-23(29-26(31)19-8-6-7-9-20(19)27(29)32)28(33)34-14-18-12-25(30)35-24-11-17(5)21(16(3)4)13-22(18)24/h6-9,11-13,15-16,23H,10,14H2,1-5H3/t23-/m1/s1. The Morgan fingerprint density at radius 2 is 1.60 bits per heavy atom. The summed E-state index contributed by atoms with van der Waals surface area (Å²) in [6.45, 7) is 9.74. The van der Waals surface area contributed by atoms with Gasteiger partial charge in [-0.3, -0.25) is 14.5 Å². The molecule has 0 N–H and O–H groups in total. The summed E-state index contributed by atoms with van der Waals surface area (Å²) in [5.41, 5.74) is 3.06. The number of aryl methyl sites for hydroxylation is 1. The highest BCUT2D eigenvalue weighted by molar-refractivity contribution is 6.22. The van der Waals surface area contributed by atoms with Gasteiger partial charge in [-0.1, -0.05) is 39.8 Å². The maximum Gasteiger partial charge on any atom is 0.336 e. The largest absolute Gasteiger partial charge is 0.459 e. The number of esters is 1. The lowest BCUT2D eigenvalue weighted by molar-refractivity contribution is -0.150. The first-order valence-electron chi connectivity index (χ1n) is 11.8. The molecule has 1 aliphatic rings. The van der Waals surface area contributed by atoms with Crippen LogP contribution in [0.3, 0.4) is 0 Å². The number of ether oxygens (including phenoxy) is 1. The summed E-state index contributed by atoms with van der Waals surface area (Å²) < 4.78 is 11.0. The highest BCUT2D eigenvalue weighted by Crippen LogP contribution is 2.29. The summed E-state index contributed by atoms with van der Waals surface area (Å²) in [7, 11) is 0. The molecule has 3 aromatic rings. The maximum atomic E-state index is 13.3. The predicted molar refractivity (Wildman–Crippen MR) is 131 cm³/mol. The smallest absolute Gasteiger partial charge is 0.336 e. The molecule has 1 aromatic heterocycles. The lowest BCUT2D eigenvalue weighted by Gasteiger charge is -2.26. The predicted octanol–water partition coefficient (Wildman–Crippen LogP) is 4.98. The van der Waals surface area contributed by atoms with E-state index < -0.39 is 29.5 Å². The number of hydrogen-bond donors (Lipinski definition) is 0. The van der Waals surface area contributed by atoms with Crippen molar-refractivity contribution in [2.45, 2.75) is 59.6 Å². The first kappa shape index (κ1) is 24.4. The molecule has 1 atom stereocenters. The fourth-order valence-corrected chi connectivity index (χ4v) is 4.62. The highest BCUT2D eigenvalue weighted by atomic mass is 16.5. The molecule has 7 heteroatoms. The zero-order chi connectivity index (χ0) is 25.4. The van der Waals surface area contributed by atoms with Gasteiger partial charge in [-0.15, -0.1) is 0 Å². The Kier molecular flexibility index (Phi) is 6.61. The van der Waals surface area contributed by atoms with Crippen molar-refractivity contribution < 1.29 is 23.5 Å². The molecule has 0 aliphatic carbocycles. The van der Waals surface area contributed by atoms with Crippen molar-refractivity contribution in [2.24, 2.45) is 5.92 Å². The van der Waals surface area contributed by atoms with Gasteiger partial charge in [0.25, 0.3) is 11.8 Å². The molecule has 0 saturated carbocycles. The van der Waals surface area contributed by atoms with Crippen LogP contribution in [0.4, 0.5) is 0 Å². The van der Waals surface area contributed by atoms with Gasteiger partial charge in [-0.05, 0) is 60.6 Å². The average Bonchev–Trinajstić information content (AvgIpc) is 3.05. The van der Waals surface area contributed by atoms with Crippen LogP contribution in [0.5, 0.6) is 0 Å². The molecule has 2 aromatic carbocycles. The number of carbonyl (C=O) groups is 3. The molecule has 0 radical (unpaired) electrons. The molecule has 0 saturated heterocycles. The van der Waals surface area contributed by atoms with Crippen molar-refractivity contribution in [3.63, 3.8) is 0 Å². The second-order valence-electron chi connectivity index (χ2n) is 9.73. The van der Waals surface area contributed by atoms with Crippen LogP contribution < -0.4 is 5.63 Å². The van der Waals surface area contributed by atoms with E-state index in [4.69, 9.17) is 9.15 Å². The molecule has 0 fully saturated rings. The molecule has 2 amide bonds. The third kappa shape index (κ3) is 4.63. The third-order valence-electron chi connectivity index (χ3n) is 6.31. The summed E-state index contributed by atoms with van der Waals surface area (Å²) in [5.74, 6) is -1.41. The Bertz CT molecular complexity index is 1350. The number of fused-ring (bicyclic) bond motifs is 2. The maximum absolute atomic E-state index is 13.3. The van der Waals surface area contributed by atoms with Gasteiger partial charge in [0.1, 0.15) is 18.2 Å². The van der Waals surface area contributed by atoms with E-state index in [0.29, 0.717) is 16.5 Å². The Morgan fingerprint density at radius 1 is 0.971 bits per heavy atom. The highest BCUT2D eigenvalue weighted by Gasteiger charge is 2.43. The molecule has 4 rings (SSSR count). The van der Waals surface area contributed by atoms with Crippen molar-refractivity contribution in [3.8, 4) is 0 Å². The molecule has 35 heavy (non-hydrogen) atoms. The van der Waals surface area contributed by atoms with Crippen molar-refractivity contribution in [3.05, 3.63) is 80.7 Å². The summed E-state index contributed by atoms with van der Waals surface area (Å²) in [4.78, 5) is 52.5. The summed E-state index contributed by atoms with van der Waals surface area (Å²) in [6.07, 6.45) is 0.263. The summed E-state index contributed by atoms with van der Waals surface area (Å²) in [5, 5.41) is 0.688. The second-order valence-corrected chi connectivity index (χ2v) is 9.73. The van der Waals surface area contributed by atoms with Gasteiger partial charge in [-0.2, -0.15) is 0 Å². The van der Waals surface area contributed by atoms with Crippen LogP contribution in [-0.4, -0.2) is 28.7 Å². The van der Waals surface area contributed by atoms with Crippen LogP contribution in [0.15, 0.2) is 51.7 Å². The number of rotatable bonds is 7. The first-order chi connectivity index (χ1) is 16.6. The van der Waals surface area contributed by atoms with Gasteiger partial charge in [0.2, 0.25) is 0 Å². The van der Waals surface area contributed by atoms with E-state index in [2.05, 4.69) is 13.8 Å². The minimum Gasteiger partial charge on any atom is -0.459 e. The van der Waals surface area contributed by atoms with Crippen LogP contribution in [-0.2, 0) is 16.1 Å². The number of nitrogens with zero attached hydrogens (tertiary/aromatic N) is 1. The van der Waals surface area contributed by atoms with E-state index in [1.165, 1.54) is 6.07 Å². The van der Waals surface area contributed by atoms with E-state index in [9.17, 15) is 19.2 Å². The Morgan fingerprint density at radius 3 is 2.17 bits per heavy atom. The SMILES string of the molecule is Cc1cc2oc(=O)cc(COC(=O)[C@@H](CC(C)C)N3C(=O)c4ccccc4C3=O)c2cc1C(C)C. The van der Waals surface area contributed by atoms with Crippen molar-refractivity contribution >= 4 is 28.8 Å². The summed E-state index contributed by atoms with van der Waals surface area (Å²) >= 11 is 0. The van der Waals surface area contributed by atoms with Gasteiger partial charge in [0, 0.05) is 17.0 Å². The molecule has 7 nitrogen and oxygen atoms in total. The lowest BCUT2D eigenvalue weighted by Crippen LogP contribution is -2.46. The molecule has 182 valence electrons. The molecule has 0 unspecified atom stereocenters. The quantitative estimate of drug-likeness (QED) is 0.272. The Balaban J connectivity index is 1.64. The van der Waals surface area contributed by atoms with Crippen LogP contribution >= 0.6 is 0 Å². The van der Waals surface area contributed by atoms with E-state index >= 15 is 0 Å². The zero-order valence-corrected chi connectivity index (χ0v) is 20.6. The van der Waals surface area contributed by atoms with E-state index in [0.717, 1.165) is 16.0 Å². The Hall–Kier alpha value is -3.74. The van der Waals surface area contributed by atoms with Crippen LogP contribution in [0, 0.1) is 12.8 Å². The topological polar surface area (TPSA) is 93.9 Å². The van der Waals surface area contributed by atoms with Crippen LogP contribution in [0.25, 0.3) is 11.0 Å². The number of benzene rings is 2. The fraction of sp³-hybridized carbons (Fsp3) is 0.357. The molecule has 2 heterocycles. The summed E-state index contributed by atoms with van der Waals surface area (Å²) in [6, 6.07) is 10.5. The van der Waals surface area contributed by atoms with Gasteiger partial charge < -0.3 is 9.15 Å². The van der Waals surface area contributed by atoms with Gasteiger partial charge in [-0.25, -0.2) is 9.59 Å². The second kappa shape index (κ2) is 9.49. The molecular weight excluding hydrogens is 446 g/mol. The van der Waals surface area contributed by atoms with E-state index in [-0.39, 0.29) is 36.0 Å². The van der Waals surface area contributed by atoms with Gasteiger partial charge in [0.05, 0.1) is 11.1 Å². The van der Waals surface area contributed by atoms with Gasteiger partial charge in [0.15, 0.2) is 0 Å². The normalized spacial score (nSPS) is 14.2. The molecule has 0 spiro atoms. The average molecular weight is 476 g/mol. The minimum absolute atomic E-state index is 0.0260. The Labute approximate surface area is 203 Å².